The number of aromatic nitrogens is 2. The topological polar surface area (TPSA) is 76.3 Å². The highest BCUT2D eigenvalue weighted by Gasteiger charge is 2.44. The molecule has 5 rings (SSSR count). The van der Waals surface area contributed by atoms with Crippen molar-refractivity contribution in [2.24, 2.45) is 11.8 Å². The van der Waals surface area contributed by atoms with Crippen LogP contribution in [0.4, 0.5) is 0 Å². The number of likely N-dealkylation sites (tertiary alicyclic amines) is 1. The third kappa shape index (κ3) is 3.53. The van der Waals surface area contributed by atoms with E-state index in [1.807, 2.05) is 64.9 Å². The third-order valence-electron chi connectivity index (χ3n) is 6.63. The molecule has 1 saturated carbocycles. The van der Waals surface area contributed by atoms with Crippen LogP contribution in [-0.2, 0) is 0 Å². The number of carbonyl (C=O) groups excluding carboxylic acids is 1. The Bertz CT molecular complexity index is 1110. The van der Waals surface area contributed by atoms with Gasteiger partial charge in [0.15, 0.2) is 11.5 Å². The Balaban J connectivity index is 1.32. The van der Waals surface area contributed by atoms with E-state index in [0.717, 1.165) is 11.3 Å². The molecule has 31 heavy (non-hydrogen) atoms. The first-order valence-corrected chi connectivity index (χ1v) is 10.8. The molecule has 7 heteroatoms. The van der Waals surface area contributed by atoms with Crippen LogP contribution in [0.3, 0.4) is 0 Å². The maximum absolute atomic E-state index is 13.4. The number of imidazole rings is 1. The minimum absolute atomic E-state index is 0.00212. The zero-order chi connectivity index (χ0) is 21.5. The van der Waals surface area contributed by atoms with Crippen LogP contribution in [0.2, 0.25) is 0 Å². The summed E-state index contributed by atoms with van der Waals surface area (Å²) >= 11 is 0. The smallest absolute Gasteiger partial charge is 0.272 e. The van der Waals surface area contributed by atoms with E-state index in [2.05, 4.69) is 4.98 Å². The summed E-state index contributed by atoms with van der Waals surface area (Å²) in [4.78, 5) is 19.8. The van der Waals surface area contributed by atoms with Gasteiger partial charge >= 0.3 is 0 Å². The van der Waals surface area contributed by atoms with Crippen molar-refractivity contribution in [1.29, 1.82) is 0 Å². The van der Waals surface area contributed by atoms with E-state index in [4.69, 9.17) is 9.47 Å². The molecule has 162 valence electrons. The normalized spacial score (nSPS) is 25.5. The number of aliphatic hydroxyl groups is 1. The second-order valence-electron chi connectivity index (χ2n) is 8.55. The van der Waals surface area contributed by atoms with Gasteiger partial charge in [-0.2, -0.15) is 0 Å². The van der Waals surface area contributed by atoms with E-state index in [-0.39, 0.29) is 17.9 Å². The Morgan fingerprint density at radius 1 is 1.06 bits per heavy atom. The van der Waals surface area contributed by atoms with Crippen molar-refractivity contribution in [3.8, 4) is 11.5 Å². The quantitative estimate of drug-likeness (QED) is 0.701. The Kier molecular flexibility index (Phi) is 5.06. The molecule has 0 radical (unpaired) electrons. The maximum Gasteiger partial charge on any atom is 0.272 e. The van der Waals surface area contributed by atoms with Gasteiger partial charge in [0.1, 0.15) is 17.4 Å². The van der Waals surface area contributed by atoms with Crippen molar-refractivity contribution in [1.82, 2.24) is 14.3 Å². The van der Waals surface area contributed by atoms with Gasteiger partial charge in [-0.3, -0.25) is 9.20 Å². The fraction of sp³-hybridized carbons (Fsp3) is 0.417. The lowest BCUT2D eigenvalue weighted by Gasteiger charge is -2.35. The van der Waals surface area contributed by atoms with Crippen molar-refractivity contribution in [2.75, 3.05) is 20.2 Å². The number of para-hydroxylation sites is 2. The lowest BCUT2D eigenvalue weighted by atomic mass is 9.78. The van der Waals surface area contributed by atoms with Crippen LogP contribution in [0.1, 0.15) is 29.0 Å². The number of hydrogen-bond donors (Lipinski definition) is 1. The van der Waals surface area contributed by atoms with Gasteiger partial charge in [0.05, 0.1) is 18.9 Å². The number of methoxy groups -OCH3 is 1. The van der Waals surface area contributed by atoms with E-state index in [0.29, 0.717) is 49.0 Å². The Hall–Kier alpha value is -3.06. The molecule has 1 saturated heterocycles. The molecule has 4 atom stereocenters. The van der Waals surface area contributed by atoms with Crippen LogP contribution >= 0.6 is 0 Å². The van der Waals surface area contributed by atoms with Crippen molar-refractivity contribution >= 4 is 11.6 Å². The average molecular weight is 421 g/mol. The summed E-state index contributed by atoms with van der Waals surface area (Å²) in [5, 5.41) is 10.8. The predicted molar refractivity (Wildman–Crippen MR) is 115 cm³/mol. The summed E-state index contributed by atoms with van der Waals surface area (Å²) in [6.07, 6.45) is 2.33. The number of amides is 1. The number of pyridine rings is 1. The highest BCUT2D eigenvalue weighted by Crippen LogP contribution is 2.39. The molecule has 2 aliphatic rings. The molecule has 0 bridgehead atoms. The number of benzene rings is 1. The first kappa shape index (κ1) is 19.9. The molecule has 0 unspecified atom stereocenters. The second-order valence-corrected chi connectivity index (χ2v) is 8.55. The number of aliphatic hydroxyl groups excluding tert-OH is 1. The molecule has 3 aromatic rings. The number of hydrogen-bond acceptors (Lipinski definition) is 5. The standard InChI is InChI=1S/C24H27N3O4/c1-15-23(27-10-6-5-9-22(27)25-15)24(29)26-13-16-11-18(28)21(12-17(16)14-26)31-20-8-4-3-7-19(20)30-2/h3-10,16-18,21,28H,11-14H2,1-2H3/t16-,17+,18+,21+/m0/s1. The Labute approximate surface area is 181 Å². The monoisotopic (exact) mass is 421 g/mol. The minimum Gasteiger partial charge on any atom is -0.493 e. The molecular weight excluding hydrogens is 394 g/mol. The summed E-state index contributed by atoms with van der Waals surface area (Å²) < 4.78 is 13.4. The number of carbonyl (C=O) groups is 1. The largest absolute Gasteiger partial charge is 0.493 e. The molecular formula is C24H27N3O4. The number of aryl methyl sites for hydroxylation is 1. The van der Waals surface area contributed by atoms with Gasteiger partial charge in [-0.25, -0.2) is 4.98 Å². The zero-order valence-corrected chi connectivity index (χ0v) is 17.8. The van der Waals surface area contributed by atoms with Crippen molar-refractivity contribution < 1.29 is 19.4 Å². The Morgan fingerprint density at radius 2 is 1.77 bits per heavy atom. The summed E-state index contributed by atoms with van der Waals surface area (Å²) in [6, 6.07) is 13.2. The van der Waals surface area contributed by atoms with Crippen LogP contribution < -0.4 is 9.47 Å². The van der Waals surface area contributed by atoms with Gasteiger partial charge < -0.3 is 19.5 Å². The molecule has 2 aromatic heterocycles. The van der Waals surface area contributed by atoms with E-state index in [9.17, 15) is 9.90 Å². The zero-order valence-electron chi connectivity index (χ0n) is 17.8. The van der Waals surface area contributed by atoms with E-state index in [1.165, 1.54) is 0 Å². The highest BCUT2D eigenvalue weighted by atomic mass is 16.5. The first-order chi connectivity index (χ1) is 15.0. The van der Waals surface area contributed by atoms with E-state index in [1.54, 1.807) is 7.11 Å². The number of rotatable bonds is 4. The lowest BCUT2D eigenvalue weighted by Crippen LogP contribution is -2.42. The van der Waals surface area contributed by atoms with Crippen molar-refractivity contribution in [2.45, 2.75) is 32.0 Å². The SMILES string of the molecule is COc1ccccc1O[C@@H]1C[C@@H]2CN(C(=O)c3c(C)nc4ccccn34)C[C@@H]2C[C@H]1O. The number of nitrogens with zero attached hydrogens (tertiary/aromatic N) is 3. The molecule has 1 aliphatic heterocycles. The average Bonchev–Trinajstić information content (AvgIpc) is 3.33. The summed E-state index contributed by atoms with van der Waals surface area (Å²) in [5.41, 5.74) is 2.14. The van der Waals surface area contributed by atoms with E-state index < -0.39 is 6.10 Å². The number of fused-ring (bicyclic) bond motifs is 2. The van der Waals surface area contributed by atoms with Crippen LogP contribution in [0.15, 0.2) is 48.7 Å². The van der Waals surface area contributed by atoms with Gasteiger partial charge in [0.25, 0.3) is 5.91 Å². The van der Waals surface area contributed by atoms with Gasteiger partial charge in [-0.05, 0) is 55.9 Å². The van der Waals surface area contributed by atoms with Crippen LogP contribution in [0.5, 0.6) is 11.5 Å². The van der Waals surface area contributed by atoms with Crippen molar-refractivity contribution in [3.63, 3.8) is 0 Å². The van der Waals surface area contributed by atoms with Gasteiger partial charge in [0.2, 0.25) is 0 Å². The summed E-state index contributed by atoms with van der Waals surface area (Å²) in [5.74, 6) is 1.87. The lowest BCUT2D eigenvalue weighted by molar-refractivity contribution is -0.0240. The van der Waals surface area contributed by atoms with Crippen LogP contribution in [0, 0.1) is 18.8 Å². The number of ether oxygens (including phenoxy) is 2. The molecule has 1 aromatic carbocycles. The summed E-state index contributed by atoms with van der Waals surface area (Å²) in [6.45, 7) is 3.20. The fourth-order valence-corrected chi connectivity index (χ4v) is 5.08. The Morgan fingerprint density at radius 3 is 2.55 bits per heavy atom. The van der Waals surface area contributed by atoms with E-state index >= 15 is 0 Å². The third-order valence-corrected chi connectivity index (χ3v) is 6.63. The maximum atomic E-state index is 13.4. The first-order valence-electron chi connectivity index (χ1n) is 10.8. The molecule has 1 aliphatic carbocycles. The summed E-state index contributed by atoms with van der Waals surface area (Å²) in [7, 11) is 1.61. The molecule has 2 fully saturated rings. The predicted octanol–water partition coefficient (Wildman–Crippen LogP) is 2.94. The van der Waals surface area contributed by atoms with Crippen LogP contribution in [-0.4, -0.2) is 57.7 Å². The fourth-order valence-electron chi connectivity index (χ4n) is 5.08. The highest BCUT2D eigenvalue weighted by molar-refractivity contribution is 5.95. The van der Waals surface area contributed by atoms with Crippen LogP contribution in [0.25, 0.3) is 5.65 Å². The molecule has 0 spiro atoms. The van der Waals surface area contributed by atoms with Crippen molar-refractivity contribution in [3.05, 3.63) is 60.0 Å². The van der Waals surface area contributed by atoms with Gasteiger partial charge in [-0.1, -0.05) is 18.2 Å². The second kappa shape index (κ2) is 7.89. The van der Waals surface area contributed by atoms with Gasteiger partial charge in [0, 0.05) is 19.3 Å². The minimum atomic E-state index is -0.571. The molecule has 3 heterocycles. The molecule has 1 N–H and O–H groups in total. The van der Waals surface area contributed by atoms with Gasteiger partial charge in [-0.15, -0.1) is 0 Å². The molecule has 1 amide bonds. The molecule has 7 nitrogen and oxygen atoms in total.